The lowest BCUT2D eigenvalue weighted by atomic mass is 10.0. The molecule has 2 aromatic rings. The minimum atomic E-state index is 0.0573. The topological polar surface area (TPSA) is 17.1 Å². The van der Waals surface area contributed by atoms with Gasteiger partial charge < -0.3 is 0 Å². The Labute approximate surface area is 121 Å². The number of ketones is 1. The molecule has 88 valence electrons. The van der Waals surface area contributed by atoms with Crippen molar-refractivity contribution >= 4 is 49.0 Å². The second-order valence-electron chi connectivity index (χ2n) is 3.87. The van der Waals surface area contributed by atoms with Crippen LogP contribution in [0, 0.1) is 13.8 Å². The van der Waals surface area contributed by atoms with Crippen LogP contribution in [0.1, 0.15) is 27.0 Å². The number of hydrogen-bond donors (Lipinski definition) is 0. The summed E-state index contributed by atoms with van der Waals surface area (Å²) in [7, 11) is 0. The third-order valence-corrected chi connectivity index (χ3v) is 5.01. The van der Waals surface area contributed by atoms with E-state index in [0.717, 1.165) is 18.7 Å². The SMILES string of the molecule is Cc1ccc(C(=O)c2cc(Br)sc2Br)cc1C. The van der Waals surface area contributed by atoms with Crippen LogP contribution in [0.4, 0.5) is 0 Å². The molecule has 0 spiro atoms. The summed E-state index contributed by atoms with van der Waals surface area (Å²) in [4.78, 5) is 12.3. The van der Waals surface area contributed by atoms with E-state index < -0.39 is 0 Å². The standard InChI is InChI=1S/C13H10Br2OS/c1-7-3-4-9(5-8(7)2)12(16)10-6-11(14)17-13(10)15/h3-6H,1-2H3. The van der Waals surface area contributed by atoms with E-state index in [1.807, 2.05) is 38.1 Å². The molecule has 0 aliphatic heterocycles. The summed E-state index contributed by atoms with van der Waals surface area (Å²) in [6.07, 6.45) is 0. The monoisotopic (exact) mass is 372 g/mol. The smallest absolute Gasteiger partial charge is 0.195 e. The average molecular weight is 374 g/mol. The van der Waals surface area contributed by atoms with Crippen molar-refractivity contribution in [3.05, 3.63) is 54.1 Å². The normalized spacial score (nSPS) is 10.6. The molecule has 0 aliphatic rings. The van der Waals surface area contributed by atoms with E-state index >= 15 is 0 Å². The predicted molar refractivity (Wildman–Crippen MR) is 79.1 cm³/mol. The lowest BCUT2D eigenvalue weighted by Gasteiger charge is -2.03. The van der Waals surface area contributed by atoms with Gasteiger partial charge in [0.05, 0.1) is 7.57 Å². The predicted octanol–water partition coefficient (Wildman–Crippen LogP) is 5.12. The molecule has 1 heterocycles. The third kappa shape index (κ3) is 2.69. The van der Waals surface area contributed by atoms with E-state index in [4.69, 9.17) is 0 Å². The van der Waals surface area contributed by atoms with Gasteiger partial charge in [-0.2, -0.15) is 0 Å². The Balaban J connectivity index is 2.44. The molecule has 4 heteroatoms. The maximum absolute atomic E-state index is 12.3. The van der Waals surface area contributed by atoms with Crippen LogP contribution in [0.5, 0.6) is 0 Å². The van der Waals surface area contributed by atoms with Crippen molar-refractivity contribution in [1.82, 2.24) is 0 Å². The van der Waals surface area contributed by atoms with Crippen LogP contribution in [-0.2, 0) is 0 Å². The molecule has 2 rings (SSSR count). The number of carbonyl (C=O) groups is 1. The Morgan fingerprint density at radius 3 is 2.35 bits per heavy atom. The van der Waals surface area contributed by atoms with Crippen molar-refractivity contribution in [2.75, 3.05) is 0 Å². The van der Waals surface area contributed by atoms with Crippen LogP contribution in [0.15, 0.2) is 31.8 Å². The molecule has 0 saturated heterocycles. The van der Waals surface area contributed by atoms with Crippen molar-refractivity contribution in [2.45, 2.75) is 13.8 Å². The van der Waals surface area contributed by atoms with E-state index in [-0.39, 0.29) is 5.78 Å². The van der Waals surface area contributed by atoms with Gasteiger partial charge in [0.25, 0.3) is 0 Å². The molecule has 0 N–H and O–H groups in total. The fraction of sp³-hybridized carbons (Fsp3) is 0.154. The van der Waals surface area contributed by atoms with Crippen LogP contribution in [0.2, 0.25) is 0 Å². The summed E-state index contributed by atoms with van der Waals surface area (Å²) < 4.78 is 1.82. The largest absolute Gasteiger partial charge is 0.289 e. The van der Waals surface area contributed by atoms with Crippen LogP contribution >= 0.6 is 43.2 Å². The van der Waals surface area contributed by atoms with Crippen molar-refractivity contribution in [3.63, 3.8) is 0 Å². The highest BCUT2D eigenvalue weighted by Gasteiger charge is 2.15. The summed E-state index contributed by atoms with van der Waals surface area (Å²) in [6.45, 7) is 4.06. The molecule has 0 unspecified atom stereocenters. The Kier molecular flexibility index (Phi) is 3.85. The van der Waals surface area contributed by atoms with Gasteiger partial charge >= 0.3 is 0 Å². The molecular weight excluding hydrogens is 364 g/mol. The van der Waals surface area contributed by atoms with Crippen LogP contribution in [0.3, 0.4) is 0 Å². The average Bonchev–Trinajstić information content (AvgIpc) is 2.61. The first-order valence-corrected chi connectivity index (χ1v) is 7.46. The summed E-state index contributed by atoms with van der Waals surface area (Å²) in [6, 6.07) is 7.66. The zero-order chi connectivity index (χ0) is 12.6. The fourth-order valence-electron chi connectivity index (χ4n) is 1.53. The number of hydrogen-bond acceptors (Lipinski definition) is 2. The Bertz CT molecular complexity index is 587. The van der Waals surface area contributed by atoms with Gasteiger partial charge in [-0.1, -0.05) is 12.1 Å². The van der Waals surface area contributed by atoms with E-state index in [1.54, 1.807) is 0 Å². The molecular formula is C13H10Br2OS. The highest BCUT2D eigenvalue weighted by Crippen LogP contribution is 2.33. The van der Waals surface area contributed by atoms with E-state index in [2.05, 4.69) is 31.9 Å². The van der Waals surface area contributed by atoms with Gasteiger partial charge in [0.2, 0.25) is 0 Å². The third-order valence-electron chi connectivity index (χ3n) is 2.67. The minimum Gasteiger partial charge on any atom is -0.289 e. The minimum absolute atomic E-state index is 0.0573. The van der Waals surface area contributed by atoms with Gasteiger partial charge in [0.1, 0.15) is 0 Å². The lowest BCUT2D eigenvalue weighted by Crippen LogP contribution is -2.01. The first-order valence-electron chi connectivity index (χ1n) is 5.06. The van der Waals surface area contributed by atoms with E-state index in [1.165, 1.54) is 16.9 Å². The number of aryl methyl sites for hydroxylation is 2. The number of rotatable bonds is 2. The number of thiophene rings is 1. The van der Waals surface area contributed by atoms with Gasteiger partial charge in [-0.3, -0.25) is 4.79 Å². The lowest BCUT2D eigenvalue weighted by molar-refractivity contribution is 0.103. The van der Waals surface area contributed by atoms with Crippen molar-refractivity contribution in [2.24, 2.45) is 0 Å². The molecule has 0 aliphatic carbocycles. The van der Waals surface area contributed by atoms with Gasteiger partial charge in [-0.15, -0.1) is 11.3 Å². The molecule has 17 heavy (non-hydrogen) atoms. The Hall–Kier alpha value is -0.450. The molecule has 0 bridgehead atoms. The fourth-order valence-corrected chi connectivity index (χ4v) is 4.33. The van der Waals surface area contributed by atoms with Crippen molar-refractivity contribution in [1.29, 1.82) is 0 Å². The van der Waals surface area contributed by atoms with Crippen LogP contribution in [0.25, 0.3) is 0 Å². The number of benzene rings is 1. The molecule has 1 nitrogen and oxygen atoms in total. The summed E-state index contributed by atoms with van der Waals surface area (Å²) in [5.41, 5.74) is 3.79. The Morgan fingerprint density at radius 2 is 1.82 bits per heavy atom. The van der Waals surface area contributed by atoms with Gasteiger partial charge in [0, 0.05) is 11.1 Å². The van der Waals surface area contributed by atoms with E-state index in [0.29, 0.717) is 5.56 Å². The molecule has 1 aromatic carbocycles. The molecule has 0 saturated carbocycles. The Morgan fingerprint density at radius 1 is 1.12 bits per heavy atom. The van der Waals surface area contributed by atoms with Crippen LogP contribution < -0.4 is 0 Å². The van der Waals surface area contributed by atoms with Crippen molar-refractivity contribution < 1.29 is 4.79 Å². The summed E-state index contributed by atoms with van der Waals surface area (Å²) in [5, 5.41) is 0. The van der Waals surface area contributed by atoms with Gasteiger partial charge in [-0.25, -0.2) is 0 Å². The molecule has 0 fully saturated rings. The molecule has 0 amide bonds. The highest BCUT2D eigenvalue weighted by atomic mass is 79.9. The molecule has 0 radical (unpaired) electrons. The van der Waals surface area contributed by atoms with Gasteiger partial charge in [-0.05, 0) is 69.0 Å². The maximum atomic E-state index is 12.3. The molecule has 0 atom stereocenters. The first-order chi connectivity index (χ1) is 7.99. The zero-order valence-electron chi connectivity index (χ0n) is 9.38. The summed E-state index contributed by atoms with van der Waals surface area (Å²) in [5.74, 6) is 0.0573. The highest BCUT2D eigenvalue weighted by molar-refractivity contribution is 9.12. The van der Waals surface area contributed by atoms with Gasteiger partial charge in [0.15, 0.2) is 5.78 Å². The second kappa shape index (κ2) is 5.04. The maximum Gasteiger partial charge on any atom is 0.195 e. The second-order valence-corrected chi connectivity index (χ2v) is 7.62. The summed E-state index contributed by atoms with van der Waals surface area (Å²) >= 11 is 8.31. The van der Waals surface area contributed by atoms with Crippen LogP contribution in [-0.4, -0.2) is 5.78 Å². The first kappa shape index (κ1) is 13.0. The quantitative estimate of drug-likeness (QED) is 0.667. The van der Waals surface area contributed by atoms with Crippen molar-refractivity contribution in [3.8, 4) is 0 Å². The number of carbonyl (C=O) groups excluding carboxylic acids is 1. The van der Waals surface area contributed by atoms with E-state index in [9.17, 15) is 4.79 Å². The zero-order valence-corrected chi connectivity index (χ0v) is 13.4. The number of halogens is 2. The molecule has 1 aromatic heterocycles.